The van der Waals surface area contributed by atoms with Crippen LogP contribution >= 0.6 is 0 Å². The van der Waals surface area contributed by atoms with Crippen LogP contribution in [0.3, 0.4) is 0 Å². The fourth-order valence-electron chi connectivity index (χ4n) is 5.11. The number of methoxy groups -OCH3 is 2. The number of nitrogens with zero attached hydrogens (tertiary/aromatic N) is 2. The number of para-hydroxylation sites is 1. The van der Waals surface area contributed by atoms with Gasteiger partial charge in [0.1, 0.15) is 17.3 Å². The summed E-state index contributed by atoms with van der Waals surface area (Å²) in [6.45, 7) is 1.15. The van der Waals surface area contributed by atoms with Crippen LogP contribution < -0.4 is 14.4 Å². The number of likely N-dealkylation sites (tertiary alicyclic amines) is 1. The van der Waals surface area contributed by atoms with E-state index < -0.39 is 0 Å². The van der Waals surface area contributed by atoms with Crippen LogP contribution in [0.5, 0.6) is 11.5 Å². The minimum atomic E-state index is -0.199. The van der Waals surface area contributed by atoms with Crippen molar-refractivity contribution in [1.82, 2.24) is 4.90 Å². The van der Waals surface area contributed by atoms with Gasteiger partial charge in [-0.25, -0.2) is 0 Å². The van der Waals surface area contributed by atoms with E-state index in [1.165, 1.54) is 0 Å². The fraction of sp³-hybridized carbons (Fsp3) is 0.320. The molecule has 3 atom stereocenters. The molecular weight excluding hydrogens is 392 g/mol. The highest BCUT2D eigenvalue weighted by atomic mass is 16.5. The van der Waals surface area contributed by atoms with Gasteiger partial charge in [0, 0.05) is 37.5 Å². The molecule has 5 rings (SSSR count). The normalized spacial score (nSPS) is 22.3. The lowest BCUT2D eigenvalue weighted by Crippen LogP contribution is -2.45. The largest absolute Gasteiger partial charge is 0.497 e. The van der Waals surface area contributed by atoms with Crippen molar-refractivity contribution in [2.75, 3.05) is 32.7 Å². The predicted molar refractivity (Wildman–Crippen MR) is 118 cm³/mol. The van der Waals surface area contributed by atoms with Gasteiger partial charge in [-0.05, 0) is 35.9 Å². The van der Waals surface area contributed by atoms with Crippen LogP contribution in [0.1, 0.15) is 22.8 Å². The molecular formula is C25H26N2O4. The molecule has 2 aliphatic heterocycles. The van der Waals surface area contributed by atoms with Crippen LogP contribution in [0, 0.1) is 5.92 Å². The van der Waals surface area contributed by atoms with Crippen molar-refractivity contribution in [3.05, 3.63) is 77.7 Å². The monoisotopic (exact) mass is 418 g/mol. The third-order valence-corrected chi connectivity index (χ3v) is 6.63. The van der Waals surface area contributed by atoms with E-state index in [0.29, 0.717) is 13.1 Å². The zero-order valence-corrected chi connectivity index (χ0v) is 17.9. The van der Waals surface area contributed by atoms with Gasteiger partial charge >= 0.3 is 0 Å². The zero-order chi connectivity index (χ0) is 21.5. The van der Waals surface area contributed by atoms with Gasteiger partial charge in [0.15, 0.2) is 0 Å². The first-order chi connectivity index (χ1) is 15.1. The lowest BCUT2D eigenvalue weighted by atomic mass is 9.76. The summed E-state index contributed by atoms with van der Waals surface area (Å²) >= 11 is 0. The molecule has 1 fully saturated rings. The minimum Gasteiger partial charge on any atom is -0.497 e. The molecule has 3 aromatic rings. The van der Waals surface area contributed by atoms with Crippen LogP contribution in [0.25, 0.3) is 0 Å². The number of carbonyl (C=O) groups excluding carboxylic acids is 1. The molecule has 0 spiro atoms. The van der Waals surface area contributed by atoms with E-state index in [1.54, 1.807) is 20.5 Å². The molecule has 0 unspecified atom stereocenters. The summed E-state index contributed by atoms with van der Waals surface area (Å²) in [5, 5.41) is 0. The van der Waals surface area contributed by atoms with Crippen LogP contribution in [-0.4, -0.2) is 44.7 Å². The summed E-state index contributed by atoms with van der Waals surface area (Å²) in [7, 11) is 5.35. The number of furan rings is 1. The number of amides is 1. The second-order valence-corrected chi connectivity index (χ2v) is 8.15. The van der Waals surface area contributed by atoms with E-state index in [2.05, 4.69) is 24.1 Å². The number of hydrogen-bond donors (Lipinski definition) is 0. The van der Waals surface area contributed by atoms with Crippen molar-refractivity contribution in [1.29, 1.82) is 0 Å². The van der Waals surface area contributed by atoms with E-state index in [4.69, 9.17) is 13.9 Å². The summed E-state index contributed by atoms with van der Waals surface area (Å²) in [5.74, 6) is 2.15. The highest BCUT2D eigenvalue weighted by Gasteiger charge is 2.52. The first kappa shape index (κ1) is 19.5. The molecule has 6 nitrogen and oxygen atoms in total. The van der Waals surface area contributed by atoms with Crippen LogP contribution in [-0.2, 0) is 11.3 Å². The second kappa shape index (κ2) is 7.69. The summed E-state index contributed by atoms with van der Waals surface area (Å²) < 4.78 is 16.7. The molecule has 2 aromatic carbocycles. The van der Waals surface area contributed by atoms with E-state index in [-0.39, 0.29) is 23.8 Å². The molecule has 31 heavy (non-hydrogen) atoms. The Balaban J connectivity index is 1.51. The van der Waals surface area contributed by atoms with Gasteiger partial charge in [0.2, 0.25) is 5.91 Å². The van der Waals surface area contributed by atoms with E-state index in [1.807, 2.05) is 47.4 Å². The number of anilines is 1. The minimum absolute atomic E-state index is 0.0711. The molecule has 3 heterocycles. The van der Waals surface area contributed by atoms with Crippen molar-refractivity contribution < 1.29 is 18.7 Å². The predicted octanol–water partition coefficient (Wildman–Crippen LogP) is 3.91. The first-order valence-electron chi connectivity index (χ1n) is 10.5. The lowest BCUT2D eigenvalue weighted by Gasteiger charge is -2.40. The number of carbonyl (C=O) groups is 1. The molecule has 0 aliphatic carbocycles. The first-order valence-corrected chi connectivity index (χ1v) is 10.5. The summed E-state index contributed by atoms with van der Waals surface area (Å²) in [4.78, 5) is 17.9. The Morgan fingerprint density at radius 1 is 1.06 bits per heavy atom. The van der Waals surface area contributed by atoms with Crippen molar-refractivity contribution in [2.45, 2.75) is 18.5 Å². The van der Waals surface area contributed by atoms with Crippen molar-refractivity contribution in [2.24, 2.45) is 5.92 Å². The van der Waals surface area contributed by atoms with E-state index >= 15 is 0 Å². The number of likely N-dealkylation sites (N-methyl/N-ethyl adjacent to an activating group) is 1. The Bertz CT molecular complexity index is 1090. The highest BCUT2D eigenvalue weighted by molar-refractivity contribution is 5.86. The number of fused-ring (bicyclic) bond motifs is 2. The van der Waals surface area contributed by atoms with Crippen LogP contribution in [0.4, 0.5) is 5.69 Å². The maximum atomic E-state index is 13.7. The van der Waals surface area contributed by atoms with Crippen LogP contribution in [0.2, 0.25) is 0 Å². The van der Waals surface area contributed by atoms with Crippen molar-refractivity contribution >= 4 is 11.6 Å². The standard InChI is InChI=1S/C25H26N2O4/c1-26-19-8-5-4-7-18(19)23(21-9-6-12-31-21)24-20(26)15-27(25(24)28)14-16-10-11-17(29-2)13-22(16)30-3/h4-13,20,23-24H,14-15H2,1-3H3/t20-,23+,24-/m1/s1. The van der Waals surface area contributed by atoms with E-state index in [9.17, 15) is 4.79 Å². The molecule has 1 saturated heterocycles. The van der Waals surface area contributed by atoms with Gasteiger partial charge in [-0.2, -0.15) is 0 Å². The third-order valence-electron chi connectivity index (χ3n) is 6.63. The number of ether oxygens (including phenoxy) is 2. The third kappa shape index (κ3) is 3.14. The average molecular weight is 418 g/mol. The Labute approximate surface area is 182 Å². The fourth-order valence-corrected chi connectivity index (χ4v) is 5.11. The maximum Gasteiger partial charge on any atom is 0.229 e. The van der Waals surface area contributed by atoms with Gasteiger partial charge in [-0.15, -0.1) is 0 Å². The molecule has 6 heteroatoms. The Kier molecular flexibility index (Phi) is 4.85. The summed E-state index contributed by atoms with van der Waals surface area (Å²) in [5.41, 5.74) is 3.25. The molecule has 1 amide bonds. The van der Waals surface area contributed by atoms with Crippen LogP contribution in [0.15, 0.2) is 65.3 Å². The number of rotatable bonds is 5. The van der Waals surface area contributed by atoms with Crippen molar-refractivity contribution in [3.8, 4) is 11.5 Å². The highest BCUT2D eigenvalue weighted by Crippen LogP contribution is 2.48. The Morgan fingerprint density at radius 3 is 2.65 bits per heavy atom. The maximum absolute atomic E-state index is 13.7. The molecule has 0 N–H and O–H groups in total. The van der Waals surface area contributed by atoms with Gasteiger partial charge < -0.3 is 23.7 Å². The average Bonchev–Trinajstić information content (AvgIpc) is 3.44. The van der Waals surface area contributed by atoms with E-state index in [0.717, 1.165) is 34.1 Å². The number of hydrogen-bond acceptors (Lipinski definition) is 5. The summed E-state index contributed by atoms with van der Waals surface area (Å²) in [6.07, 6.45) is 1.69. The zero-order valence-electron chi connectivity index (χ0n) is 17.9. The van der Waals surface area contributed by atoms with Gasteiger partial charge in [-0.3, -0.25) is 4.79 Å². The molecule has 2 aliphatic rings. The molecule has 0 saturated carbocycles. The Hall–Kier alpha value is -3.41. The molecule has 160 valence electrons. The second-order valence-electron chi connectivity index (χ2n) is 8.15. The topological polar surface area (TPSA) is 55.2 Å². The van der Waals surface area contributed by atoms with Gasteiger partial charge in [0.05, 0.1) is 38.4 Å². The smallest absolute Gasteiger partial charge is 0.229 e. The van der Waals surface area contributed by atoms with Gasteiger partial charge in [-0.1, -0.05) is 18.2 Å². The summed E-state index contributed by atoms with van der Waals surface area (Å²) in [6, 6.07) is 18.0. The molecule has 0 bridgehead atoms. The van der Waals surface area contributed by atoms with Crippen molar-refractivity contribution in [3.63, 3.8) is 0 Å². The quantitative estimate of drug-likeness (QED) is 0.629. The molecule has 0 radical (unpaired) electrons. The SMILES string of the molecule is COc1ccc(CN2C[C@@H]3[C@@H](C2=O)[C@H](c2ccco2)c2ccccc2N3C)c(OC)c1. The lowest BCUT2D eigenvalue weighted by molar-refractivity contribution is -0.132. The molecule has 1 aromatic heterocycles. The number of benzene rings is 2. The Morgan fingerprint density at radius 2 is 1.90 bits per heavy atom. The van der Waals surface area contributed by atoms with Gasteiger partial charge in [0.25, 0.3) is 0 Å².